The van der Waals surface area contributed by atoms with Gasteiger partial charge >= 0.3 is 0 Å². The van der Waals surface area contributed by atoms with Gasteiger partial charge < -0.3 is 35.1 Å². The van der Waals surface area contributed by atoms with Crippen LogP contribution in [-0.4, -0.2) is 55.5 Å². The lowest BCUT2D eigenvalue weighted by Gasteiger charge is -2.37. The fourth-order valence-electron chi connectivity index (χ4n) is 4.22. The SMILES string of the molecule is CC(C)(O)C1CCC(C)(C2CCC(C)(C(O)Cc3c[nH]c(N([O-])O)c3)O2)O1. The van der Waals surface area contributed by atoms with Crippen molar-refractivity contribution < 1.29 is 24.9 Å². The smallest absolute Gasteiger partial charge is 0.119 e. The van der Waals surface area contributed by atoms with Crippen molar-refractivity contribution in [2.75, 3.05) is 5.23 Å². The lowest BCUT2D eigenvalue weighted by molar-refractivity contribution is -0.189. The summed E-state index contributed by atoms with van der Waals surface area (Å²) in [4.78, 5) is 2.66. The topological polar surface area (TPSA) is 121 Å². The van der Waals surface area contributed by atoms with Gasteiger partial charge in [0.1, 0.15) is 5.82 Å². The van der Waals surface area contributed by atoms with Crippen LogP contribution < -0.4 is 5.23 Å². The Kier molecular flexibility index (Phi) is 5.35. The first-order valence-corrected chi connectivity index (χ1v) is 9.52. The van der Waals surface area contributed by atoms with E-state index in [9.17, 15) is 15.4 Å². The summed E-state index contributed by atoms with van der Waals surface area (Å²) in [5, 5.41) is 40.6. The van der Waals surface area contributed by atoms with Crippen LogP contribution in [-0.2, 0) is 15.9 Å². The maximum absolute atomic E-state index is 10.9. The number of hydrogen-bond donors (Lipinski definition) is 4. The van der Waals surface area contributed by atoms with Crippen LogP contribution in [0.1, 0.15) is 58.9 Å². The quantitative estimate of drug-likeness (QED) is 0.556. The van der Waals surface area contributed by atoms with E-state index >= 15 is 0 Å². The zero-order valence-electron chi connectivity index (χ0n) is 16.4. The minimum Gasteiger partial charge on any atom is -0.732 e. The maximum atomic E-state index is 10.9. The van der Waals surface area contributed by atoms with Crippen molar-refractivity contribution in [3.8, 4) is 0 Å². The zero-order chi connectivity index (χ0) is 20.0. The summed E-state index contributed by atoms with van der Waals surface area (Å²) in [7, 11) is 0. The van der Waals surface area contributed by atoms with Gasteiger partial charge in [-0.2, -0.15) is 0 Å². The molecule has 0 amide bonds. The van der Waals surface area contributed by atoms with Crippen molar-refractivity contribution in [2.24, 2.45) is 0 Å². The lowest BCUT2D eigenvalue weighted by atomic mass is 9.89. The van der Waals surface area contributed by atoms with Crippen LogP contribution in [0.15, 0.2) is 12.3 Å². The molecule has 0 bridgehead atoms. The molecule has 0 aliphatic carbocycles. The summed E-state index contributed by atoms with van der Waals surface area (Å²) in [6, 6.07) is 1.50. The fourth-order valence-corrected chi connectivity index (χ4v) is 4.22. The van der Waals surface area contributed by atoms with Gasteiger partial charge in [-0.15, -0.1) is 0 Å². The Morgan fingerprint density at radius 1 is 1.33 bits per heavy atom. The predicted molar refractivity (Wildman–Crippen MR) is 99.5 cm³/mol. The third-order valence-corrected chi connectivity index (χ3v) is 6.17. The van der Waals surface area contributed by atoms with Crippen LogP contribution in [0.3, 0.4) is 0 Å². The molecule has 4 N–H and O–H groups in total. The molecule has 0 saturated carbocycles. The van der Waals surface area contributed by atoms with Gasteiger partial charge in [0.15, 0.2) is 0 Å². The number of aromatic nitrogens is 1. The number of nitrogens with one attached hydrogen (secondary N) is 1. The highest BCUT2D eigenvalue weighted by molar-refractivity contribution is 5.40. The molecule has 27 heavy (non-hydrogen) atoms. The largest absolute Gasteiger partial charge is 0.732 e. The summed E-state index contributed by atoms with van der Waals surface area (Å²) < 4.78 is 12.5. The van der Waals surface area contributed by atoms with Gasteiger partial charge in [-0.25, -0.2) is 0 Å². The zero-order valence-corrected chi connectivity index (χ0v) is 16.4. The van der Waals surface area contributed by atoms with Crippen molar-refractivity contribution in [1.82, 2.24) is 4.98 Å². The van der Waals surface area contributed by atoms with E-state index < -0.39 is 22.9 Å². The number of ether oxygens (including phenoxy) is 2. The van der Waals surface area contributed by atoms with E-state index in [1.54, 1.807) is 20.0 Å². The summed E-state index contributed by atoms with van der Waals surface area (Å²) in [6.07, 6.45) is 3.79. The lowest BCUT2D eigenvalue weighted by Crippen LogP contribution is -2.47. The Balaban J connectivity index is 1.63. The number of aromatic amines is 1. The maximum Gasteiger partial charge on any atom is 0.119 e. The molecule has 2 aliphatic heterocycles. The Bertz CT molecular complexity index is 657. The summed E-state index contributed by atoms with van der Waals surface area (Å²) >= 11 is 0. The molecule has 0 spiro atoms. The van der Waals surface area contributed by atoms with E-state index in [2.05, 4.69) is 4.98 Å². The van der Waals surface area contributed by atoms with E-state index in [1.165, 1.54) is 6.07 Å². The molecule has 2 fully saturated rings. The van der Waals surface area contributed by atoms with Gasteiger partial charge in [-0.1, -0.05) is 0 Å². The summed E-state index contributed by atoms with van der Waals surface area (Å²) in [6.45, 7) is 7.42. The molecule has 3 heterocycles. The number of aliphatic hydroxyl groups is 2. The molecule has 0 aromatic carbocycles. The molecule has 8 nitrogen and oxygen atoms in total. The first kappa shape index (κ1) is 20.6. The highest BCUT2D eigenvalue weighted by atomic mass is 16.8. The molecule has 0 radical (unpaired) electrons. The first-order valence-electron chi connectivity index (χ1n) is 9.52. The van der Waals surface area contributed by atoms with Gasteiger partial charge in [-0.05, 0) is 65.0 Å². The minimum atomic E-state index is -0.896. The van der Waals surface area contributed by atoms with Crippen LogP contribution in [0, 0.1) is 5.21 Å². The normalized spacial score (nSPS) is 35.6. The Labute approximate surface area is 159 Å². The summed E-state index contributed by atoms with van der Waals surface area (Å²) in [5.74, 6) is 0.0251. The van der Waals surface area contributed by atoms with Gasteiger partial charge in [0, 0.05) is 12.6 Å². The second-order valence-corrected chi connectivity index (χ2v) is 8.96. The third-order valence-electron chi connectivity index (χ3n) is 6.17. The van der Waals surface area contributed by atoms with Gasteiger partial charge in [0.05, 0.1) is 35.1 Å². The van der Waals surface area contributed by atoms with Crippen molar-refractivity contribution in [2.45, 2.75) is 94.9 Å². The number of rotatable bonds is 6. The number of aliphatic hydroxyl groups excluding tert-OH is 1. The van der Waals surface area contributed by atoms with E-state index in [-0.39, 0.29) is 23.3 Å². The molecular weight excluding hydrogens is 352 g/mol. The molecule has 5 atom stereocenters. The molecule has 8 heteroatoms. The Morgan fingerprint density at radius 3 is 2.59 bits per heavy atom. The second kappa shape index (κ2) is 7.02. The van der Waals surface area contributed by atoms with Crippen LogP contribution in [0.5, 0.6) is 0 Å². The molecule has 2 aliphatic rings. The second-order valence-electron chi connectivity index (χ2n) is 8.96. The molecule has 1 aromatic heterocycles. The standard InChI is InChI=1S/C19H31N2O6/c1-17(2,23)14-5-8-19(4,26-14)15-6-7-18(3,27-15)13(22)9-12-10-16(20-11-12)21(24)25/h10-11,13-15,20,22-24H,5-9H2,1-4H3/q-1. The van der Waals surface area contributed by atoms with Crippen molar-refractivity contribution in [1.29, 1.82) is 0 Å². The van der Waals surface area contributed by atoms with Crippen LogP contribution in [0.2, 0.25) is 0 Å². The Morgan fingerprint density at radius 2 is 2.04 bits per heavy atom. The van der Waals surface area contributed by atoms with E-state index in [1.807, 2.05) is 13.8 Å². The number of hydrogen-bond acceptors (Lipinski definition) is 7. The van der Waals surface area contributed by atoms with Crippen LogP contribution in [0.4, 0.5) is 5.82 Å². The molecule has 3 rings (SSSR count). The van der Waals surface area contributed by atoms with E-state index in [4.69, 9.17) is 14.7 Å². The first-order chi connectivity index (χ1) is 12.4. The minimum absolute atomic E-state index is 0.0251. The predicted octanol–water partition coefficient (Wildman–Crippen LogP) is 2.26. The molecule has 1 aromatic rings. The highest BCUT2D eigenvalue weighted by Crippen LogP contribution is 2.46. The fraction of sp³-hybridized carbons (Fsp3) is 0.789. The molecular formula is C19H31N2O6-. The average molecular weight is 383 g/mol. The van der Waals surface area contributed by atoms with Crippen molar-refractivity contribution in [3.63, 3.8) is 0 Å². The van der Waals surface area contributed by atoms with E-state index in [0.29, 0.717) is 18.4 Å². The average Bonchev–Trinajstić information content (AvgIpc) is 3.26. The number of anilines is 1. The summed E-state index contributed by atoms with van der Waals surface area (Å²) in [5.41, 5.74) is -1.39. The number of nitrogens with zero attached hydrogens (tertiary/aromatic N) is 1. The highest BCUT2D eigenvalue weighted by Gasteiger charge is 2.53. The van der Waals surface area contributed by atoms with Gasteiger partial charge in [0.25, 0.3) is 0 Å². The molecule has 2 saturated heterocycles. The van der Waals surface area contributed by atoms with Gasteiger partial charge in [0.2, 0.25) is 0 Å². The number of H-pyrrole nitrogens is 1. The van der Waals surface area contributed by atoms with Crippen molar-refractivity contribution >= 4 is 5.82 Å². The van der Waals surface area contributed by atoms with Crippen LogP contribution >= 0.6 is 0 Å². The van der Waals surface area contributed by atoms with Gasteiger partial charge in [-0.3, -0.25) is 5.21 Å². The van der Waals surface area contributed by atoms with E-state index in [0.717, 1.165) is 19.3 Å². The molecule has 154 valence electrons. The monoisotopic (exact) mass is 383 g/mol. The third kappa shape index (κ3) is 4.16. The van der Waals surface area contributed by atoms with Crippen LogP contribution in [0.25, 0.3) is 0 Å². The molecule has 5 unspecified atom stereocenters. The Hall–Kier alpha value is -1.16. The van der Waals surface area contributed by atoms with Crippen molar-refractivity contribution in [3.05, 3.63) is 23.0 Å².